The molecule has 1 aromatic carbocycles. The quantitative estimate of drug-likeness (QED) is 0.556. The van der Waals surface area contributed by atoms with Crippen molar-refractivity contribution in [3.63, 3.8) is 0 Å². The smallest absolute Gasteiger partial charge is 0.333 e. The van der Waals surface area contributed by atoms with Crippen LogP contribution in [-0.2, 0) is 16.0 Å². The topological polar surface area (TPSA) is 26.3 Å². The number of ether oxygens (including phenoxy) is 1. The van der Waals surface area contributed by atoms with Gasteiger partial charge in [0.25, 0.3) is 0 Å². The normalized spacial score (nSPS) is 9.73. The van der Waals surface area contributed by atoms with Crippen molar-refractivity contribution in [1.29, 1.82) is 0 Å². The van der Waals surface area contributed by atoms with Gasteiger partial charge in [0.15, 0.2) is 0 Å². The summed E-state index contributed by atoms with van der Waals surface area (Å²) in [6.45, 7) is 7.62. The maximum atomic E-state index is 11.1. The molecule has 0 atom stereocenters. The lowest BCUT2D eigenvalue weighted by atomic mass is 10.1. The highest BCUT2D eigenvalue weighted by atomic mass is 16.5. The Kier molecular flexibility index (Phi) is 4.10. The lowest BCUT2D eigenvalue weighted by molar-refractivity contribution is -0.138. The van der Waals surface area contributed by atoms with Gasteiger partial charge in [0.05, 0.1) is 6.61 Å². The molecule has 0 saturated carbocycles. The van der Waals surface area contributed by atoms with Crippen LogP contribution in [0.2, 0.25) is 0 Å². The van der Waals surface area contributed by atoms with Gasteiger partial charge in [-0.25, -0.2) is 4.79 Å². The van der Waals surface area contributed by atoms with Gasteiger partial charge in [0, 0.05) is 12.0 Å². The fourth-order valence-corrected chi connectivity index (χ4v) is 1.14. The van der Waals surface area contributed by atoms with E-state index in [1.807, 2.05) is 19.1 Å². The second-order valence-corrected chi connectivity index (χ2v) is 3.65. The molecule has 1 rings (SSSR count). The van der Waals surface area contributed by atoms with Gasteiger partial charge in [-0.05, 0) is 19.4 Å². The molecule has 2 nitrogen and oxygen atoms in total. The number of carbonyl (C=O) groups is 1. The predicted octanol–water partition coefficient (Wildman–Crippen LogP) is 2.66. The van der Waals surface area contributed by atoms with Crippen LogP contribution in [0.15, 0.2) is 36.4 Å². The number of hydrogen-bond acceptors (Lipinski definition) is 2. The van der Waals surface area contributed by atoms with Crippen LogP contribution in [0.4, 0.5) is 0 Å². The SMILES string of the molecule is C=C(C)C(=O)OCCc1ccc(C)cc1. The molecule has 0 N–H and O–H groups in total. The fourth-order valence-electron chi connectivity index (χ4n) is 1.14. The van der Waals surface area contributed by atoms with Crippen molar-refractivity contribution < 1.29 is 9.53 Å². The van der Waals surface area contributed by atoms with Crippen LogP contribution in [0.3, 0.4) is 0 Å². The highest BCUT2D eigenvalue weighted by Crippen LogP contribution is 2.04. The summed E-state index contributed by atoms with van der Waals surface area (Å²) in [6.07, 6.45) is 0.749. The summed E-state index contributed by atoms with van der Waals surface area (Å²) in [6, 6.07) is 8.19. The monoisotopic (exact) mass is 204 g/mol. The van der Waals surface area contributed by atoms with Gasteiger partial charge in [-0.3, -0.25) is 0 Å². The molecule has 0 fully saturated rings. The maximum Gasteiger partial charge on any atom is 0.333 e. The predicted molar refractivity (Wildman–Crippen MR) is 60.7 cm³/mol. The Labute approximate surface area is 90.6 Å². The molecule has 0 bridgehead atoms. The molecule has 0 saturated heterocycles. The molecule has 0 radical (unpaired) electrons. The lowest BCUT2D eigenvalue weighted by Gasteiger charge is -2.04. The van der Waals surface area contributed by atoms with E-state index < -0.39 is 0 Å². The second kappa shape index (κ2) is 5.35. The Hall–Kier alpha value is -1.57. The highest BCUT2D eigenvalue weighted by molar-refractivity contribution is 5.86. The molecule has 0 aromatic heterocycles. The molecule has 0 unspecified atom stereocenters. The van der Waals surface area contributed by atoms with Crippen LogP contribution >= 0.6 is 0 Å². The van der Waals surface area contributed by atoms with E-state index in [1.54, 1.807) is 6.92 Å². The molecule has 80 valence electrons. The lowest BCUT2D eigenvalue weighted by Crippen LogP contribution is -2.07. The Morgan fingerprint density at radius 1 is 1.33 bits per heavy atom. The van der Waals surface area contributed by atoms with Crippen molar-refractivity contribution in [1.82, 2.24) is 0 Å². The Morgan fingerprint density at radius 3 is 2.47 bits per heavy atom. The zero-order valence-electron chi connectivity index (χ0n) is 9.25. The van der Waals surface area contributed by atoms with Crippen molar-refractivity contribution in [2.45, 2.75) is 20.3 Å². The average Bonchev–Trinajstić information content (AvgIpc) is 2.20. The summed E-state index contributed by atoms with van der Waals surface area (Å²) in [7, 11) is 0. The average molecular weight is 204 g/mol. The Balaban J connectivity index is 2.35. The Morgan fingerprint density at radius 2 is 1.93 bits per heavy atom. The number of aryl methyl sites for hydroxylation is 1. The highest BCUT2D eigenvalue weighted by Gasteiger charge is 2.02. The standard InChI is InChI=1S/C13H16O2/c1-10(2)13(14)15-9-8-12-6-4-11(3)5-7-12/h4-7H,1,8-9H2,2-3H3. The molecule has 0 aliphatic heterocycles. The Bertz CT molecular complexity index is 349. The van der Waals surface area contributed by atoms with Gasteiger partial charge in [-0.1, -0.05) is 36.4 Å². The van der Waals surface area contributed by atoms with Crippen molar-refractivity contribution in [3.05, 3.63) is 47.5 Å². The van der Waals surface area contributed by atoms with E-state index in [9.17, 15) is 4.79 Å². The number of esters is 1. The molecule has 0 amide bonds. The van der Waals surface area contributed by atoms with Crippen molar-refractivity contribution in [2.75, 3.05) is 6.61 Å². The summed E-state index contributed by atoms with van der Waals surface area (Å²) in [4.78, 5) is 11.1. The van der Waals surface area contributed by atoms with Crippen LogP contribution in [0.25, 0.3) is 0 Å². The molecular formula is C13H16O2. The third kappa shape index (κ3) is 3.98. The van der Waals surface area contributed by atoms with E-state index in [0.717, 1.165) is 6.42 Å². The summed E-state index contributed by atoms with van der Waals surface area (Å²) in [5, 5.41) is 0. The molecule has 0 aliphatic carbocycles. The van der Waals surface area contributed by atoms with Gasteiger partial charge in [0.1, 0.15) is 0 Å². The van der Waals surface area contributed by atoms with Crippen LogP contribution < -0.4 is 0 Å². The minimum atomic E-state index is -0.317. The number of carbonyl (C=O) groups excluding carboxylic acids is 1. The largest absolute Gasteiger partial charge is 0.462 e. The van der Waals surface area contributed by atoms with Gasteiger partial charge < -0.3 is 4.74 Å². The first kappa shape index (κ1) is 11.5. The summed E-state index contributed by atoms with van der Waals surface area (Å²) >= 11 is 0. The molecule has 2 heteroatoms. The number of rotatable bonds is 4. The van der Waals surface area contributed by atoms with Gasteiger partial charge in [-0.15, -0.1) is 0 Å². The minimum Gasteiger partial charge on any atom is -0.462 e. The molecule has 1 aromatic rings. The first-order chi connectivity index (χ1) is 7.09. The second-order valence-electron chi connectivity index (χ2n) is 3.65. The van der Waals surface area contributed by atoms with Gasteiger partial charge in [0.2, 0.25) is 0 Å². The summed E-state index contributed by atoms with van der Waals surface area (Å²) < 4.78 is 5.00. The van der Waals surface area contributed by atoms with Crippen LogP contribution in [-0.4, -0.2) is 12.6 Å². The first-order valence-corrected chi connectivity index (χ1v) is 4.98. The number of hydrogen-bond donors (Lipinski definition) is 0. The molecule has 15 heavy (non-hydrogen) atoms. The van der Waals surface area contributed by atoms with Crippen LogP contribution in [0, 0.1) is 6.92 Å². The summed E-state index contributed by atoms with van der Waals surface area (Å²) in [5.41, 5.74) is 2.85. The zero-order chi connectivity index (χ0) is 11.3. The molecule has 0 spiro atoms. The fraction of sp³-hybridized carbons (Fsp3) is 0.308. The van der Waals surface area contributed by atoms with Gasteiger partial charge >= 0.3 is 5.97 Å². The zero-order valence-corrected chi connectivity index (χ0v) is 9.25. The van der Waals surface area contributed by atoms with Crippen LogP contribution in [0.5, 0.6) is 0 Å². The van der Waals surface area contributed by atoms with E-state index in [0.29, 0.717) is 12.2 Å². The van der Waals surface area contributed by atoms with Crippen LogP contribution in [0.1, 0.15) is 18.1 Å². The van der Waals surface area contributed by atoms with E-state index in [4.69, 9.17) is 4.74 Å². The van der Waals surface area contributed by atoms with Crippen molar-refractivity contribution >= 4 is 5.97 Å². The number of benzene rings is 1. The van der Waals surface area contributed by atoms with Crippen molar-refractivity contribution in [2.24, 2.45) is 0 Å². The van der Waals surface area contributed by atoms with E-state index >= 15 is 0 Å². The van der Waals surface area contributed by atoms with E-state index in [-0.39, 0.29) is 5.97 Å². The summed E-state index contributed by atoms with van der Waals surface area (Å²) in [5.74, 6) is -0.317. The van der Waals surface area contributed by atoms with E-state index in [2.05, 4.69) is 18.7 Å². The molecule has 0 aliphatic rings. The third-order valence-corrected chi connectivity index (χ3v) is 2.09. The molecule has 0 heterocycles. The molecular weight excluding hydrogens is 188 g/mol. The van der Waals surface area contributed by atoms with Gasteiger partial charge in [-0.2, -0.15) is 0 Å². The third-order valence-electron chi connectivity index (χ3n) is 2.09. The first-order valence-electron chi connectivity index (χ1n) is 4.98. The maximum absolute atomic E-state index is 11.1. The minimum absolute atomic E-state index is 0.317. The van der Waals surface area contributed by atoms with E-state index in [1.165, 1.54) is 11.1 Å². The van der Waals surface area contributed by atoms with Crippen molar-refractivity contribution in [3.8, 4) is 0 Å².